The van der Waals surface area contributed by atoms with Crippen molar-refractivity contribution >= 4 is 34.4 Å². The van der Waals surface area contributed by atoms with E-state index in [-0.39, 0.29) is 18.1 Å². The second-order valence-electron chi connectivity index (χ2n) is 7.81. The van der Waals surface area contributed by atoms with E-state index < -0.39 is 17.6 Å². The lowest BCUT2D eigenvalue weighted by molar-refractivity contribution is -0.120. The van der Waals surface area contributed by atoms with E-state index in [9.17, 15) is 14.0 Å². The SMILES string of the molecule is CN(C)c1ccc(N2C(=O)C(Nc3ccc4c(c3)OCO4)=C(c3ccc(F)cc3)C2=O)cc1. The Morgan fingerprint density at radius 3 is 2.27 bits per heavy atom. The quantitative estimate of drug-likeness (QED) is 0.599. The fourth-order valence-electron chi connectivity index (χ4n) is 3.78. The predicted molar refractivity (Wildman–Crippen MR) is 123 cm³/mol. The van der Waals surface area contributed by atoms with Crippen molar-refractivity contribution in [3.05, 3.63) is 83.8 Å². The lowest BCUT2D eigenvalue weighted by Gasteiger charge is -2.18. The monoisotopic (exact) mass is 445 g/mol. The van der Waals surface area contributed by atoms with Gasteiger partial charge >= 0.3 is 0 Å². The first-order valence-electron chi connectivity index (χ1n) is 10.3. The molecule has 2 amide bonds. The van der Waals surface area contributed by atoms with Gasteiger partial charge in [0, 0.05) is 31.5 Å². The number of fused-ring (bicyclic) bond motifs is 1. The van der Waals surface area contributed by atoms with Crippen LogP contribution in [0.4, 0.5) is 21.5 Å². The number of amides is 2. The molecule has 0 aromatic heterocycles. The van der Waals surface area contributed by atoms with Crippen LogP contribution in [0.3, 0.4) is 0 Å². The molecule has 2 aliphatic heterocycles. The van der Waals surface area contributed by atoms with Crippen molar-refractivity contribution in [2.45, 2.75) is 0 Å². The summed E-state index contributed by atoms with van der Waals surface area (Å²) in [6.45, 7) is 0.121. The minimum absolute atomic E-state index is 0.0992. The number of ether oxygens (including phenoxy) is 2. The second-order valence-corrected chi connectivity index (χ2v) is 7.81. The van der Waals surface area contributed by atoms with Crippen LogP contribution in [0.2, 0.25) is 0 Å². The maximum atomic E-state index is 13.5. The summed E-state index contributed by atoms with van der Waals surface area (Å²) in [5, 5.41) is 3.07. The van der Waals surface area contributed by atoms with Gasteiger partial charge in [0.05, 0.1) is 11.3 Å². The normalized spacial score (nSPS) is 14.8. The molecule has 2 aliphatic rings. The Hall–Kier alpha value is -4.33. The zero-order chi connectivity index (χ0) is 23.1. The molecule has 0 bridgehead atoms. The highest BCUT2D eigenvalue weighted by Crippen LogP contribution is 2.37. The number of halogens is 1. The van der Waals surface area contributed by atoms with Crippen molar-refractivity contribution in [3.63, 3.8) is 0 Å². The van der Waals surface area contributed by atoms with Crippen LogP contribution in [-0.4, -0.2) is 32.7 Å². The van der Waals surface area contributed by atoms with Gasteiger partial charge in [0.2, 0.25) is 6.79 Å². The summed E-state index contributed by atoms with van der Waals surface area (Å²) >= 11 is 0. The van der Waals surface area contributed by atoms with E-state index in [4.69, 9.17) is 9.47 Å². The number of carbonyl (C=O) groups is 2. The number of nitrogens with zero attached hydrogens (tertiary/aromatic N) is 2. The Labute approximate surface area is 189 Å². The third-order valence-corrected chi connectivity index (χ3v) is 5.48. The molecule has 7 nitrogen and oxygen atoms in total. The van der Waals surface area contributed by atoms with Crippen LogP contribution >= 0.6 is 0 Å². The number of hydrogen-bond donors (Lipinski definition) is 1. The van der Waals surface area contributed by atoms with Crippen molar-refractivity contribution in [1.29, 1.82) is 0 Å². The Morgan fingerprint density at radius 2 is 1.58 bits per heavy atom. The summed E-state index contributed by atoms with van der Waals surface area (Å²) in [4.78, 5) is 30.0. The van der Waals surface area contributed by atoms with Gasteiger partial charge in [0.25, 0.3) is 11.8 Å². The van der Waals surface area contributed by atoms with Crippen LogP contribution in [0.15, 0.2) is 72.4 Å². The zero-order valence-corrected chi connectivity index (χ0v) is 18.0. The van der Waals surface area contributed by atoms with Gasteiger partial charge in [-0.3, -0.25) is 9.59 Å². The molecular weight excluding hydrogens is 425 g/mol. The molecule has 5 rings (SSSR count). The molecular formula is C25H20FN3O4. The Kier molecular flexibility index (Phi) is 4.97. The summed E-state index contributed by atoms with van der Waals surface area (Å²) in [6.07, 6.45) is 0. The van der Waals surface area contributed by atoms with Crippen molar-refractivity contribution in [3.8, 4) is 11.5 Å². The minimum atomic E-state index is -0.505. The van der Waals surface area contributed by atoms with E-state index in [2.05, 4.69) is 5.32 Å². The van der Waals surface area contributed by atoms with Gasteiger partial charge in [-0.25, -0.2) is 9.29 Å². The molecule has 1 N–H and O–H groups in total. The summed E-state index contributed by atoms with van der Waals surface area (Å²) in [7, 11) is 3.81. The van der Waals surface area contributed by atoms with Gasteiger partial charge in [0.15, 0.2) is 11.5 Å². The van der Waals surface area contributed by atoms with E-state index in [0.717, 1.165) is 10.6 Å². The van der Waals surface area contributed by atoms with Crippen LogP contribution in [0, 0.1) is 5.82 Å². The molecule has 0 spiro atoms. The van der Waals surface area contributed by atoms with E-state index in [1.54, 1.807) is 30.3 Å². The predicted octanol–water partition coefficient (Wildman–Crippen LogP) is 4.02. The van der Waals surface area contributed by atoms with E-state index in [0.29, 0.717) is 28.4 Å². The van der Waals surface area contributed by atoms with Crippen LogP contribution in [0.1, 0.15) is 5.56 Å². The molecule has 166 valence electrons. The smallest absolute Gasteiger partial charge is 0.282 e. The van der Waals surface area contributed by atoms with Gasteiger partial charge < -0.3 is 19.7 Å². The summed E-state index contributed by atoms with van der Waals surface area (Å²) in [6, 6.07) is 17.7. The number of anilines is 3. The zero-order valence-electron chi connectivity index (χ0n) is 18.0. The first-order chi connectivity index (χ1) is 15.9. The maximum Gasteiger partial charge on any atom is 0.282 e. The molecule has 0 aliphatic carbocycles. The number of carbonyl (C=O) groups excluding carboxylic acids is 2. The minimum Gasteiger partial charge on any atom is -0.454 e. The Bertz CT molecular complexity index is 1280. The van der Waals surface area contributed by atoms with Crippen LogP contribution in [-0.2, 0) is 9.59 Å². The number of rotatable bonds is 5. The number of imide groups is 1. The molecule has 0 radical (unpaired) electrons. The molecule has 0 saturated carbocycles. The fourth-order valence-corrected chi connectivity index (χ4v) is 3.78. The molecule has 0 fully saturated rings. The fraction of sp³-hybridized carbons (Fsp3) is 0.120. The van der Waals surface area contributed by atoms with Gasteiger partial charge in [-0.2, -0.15) is 0 Å². The summed E-state index contributed by atoms with van der Waals surface area (Å²) in [5.41, 5.74) is 2.63. The average Bonchev–Trinajstić information content (AvgIpc) is 3.37. The average molecular weight is 445 g/mol. The first-order valence-corrected chi connectivity index (χ1v) is 10.3. The Balaban J connectivity index is 1.56. The standard InChI is InChI=1S/C25H20FN3O4/c1-28(2)18-8-10-19(11-9-18)29-24(30)22(15-3-5-16(26)6-4-15)23(25(29)31)27-17-7-12-20-21(13-17)33-14-32-20/h3-13,27H,14H2,1-2H3. The Morgan fingerprint density at radius 1 is 0.879 bits per heavy atom. The van der Waals surface area contributed by atoms with Crippen molar-refractivity contribution in [2.24, 2.45) is 0 Å². The lowest BCUT2D eigenvalue weighted by atomic mass is 10.0. The molecule has 2 heterocycles. The molecule has 0 atom stereocenters. The van der Waals surface area contributed by atoms with Crippen LogP contribution in [0.25, 0.3) is 5.57 Å². The highest BCUT2D eigenvalue weighted by molar-refractivity contribution is 6.46. The maximum absolute atomic E-state index is 13.5. The highest BCUT2D eigenvalue weighted by Gasteiger charge is 2.40. The summed E-state index contributed by atoms with van der Waals surface area (Å²) in [5.74, 6) is -0.291. The first kappa shape index (κ1) is 20.6. The molecule has 33 heavy (non-hydrogen) atoms. The van der Waals surface area contributed by atoms with Gasteiger partial charge in [-0.05, 0) is 54.1 Å². The van der Waals surface area contributed by atoms with Gasteiger partial charge in [0.1, 0.15) is 11.5 Å². The number of nitrogens with one attached hydrogen (secondary N) is 1. The van der Waals surface area contributed by atoms with Crippen LogP contribution < -0.4 is 24.6 Å². The molecule has 0 unspecified atom stereocenters. The highest BCUT2D eigenvalue weighted by atomic mass is 19.1. The summed E-state index contributed by atoms with van der Waals surface area (Å²) < 4.78 is 24.3. The number of hydrogen-bond acceptors (Lipinski definition) is 6. The molecule has 8 heteroatoms. The van der Waals surface area contributed by atoms with Crippen molar-refractivity contribution in [1.82, 2.24) is 0 Å². The lowest BCUT2D eigenvalue weighted by Crippen LogP contribution is -2.32. The third kappa shape index (κ3) is 3.65. The van der Waals surface area contributed by atoms with Crippen molar-refractivity contribution in [2.75, 3.05) is 36.0 Å². The van der Waals surface area contributed by atoms with Gasteiger partial charge in [-0.15, -0.1) is 0 Å². The third-order valence-electron chi connectivity index (χ3n) is 5.48. The number of benzene rings is 3. The van der Waals surface area contributed by atoms with Crippen molar-refractivity contribution < 1.29 is 23.5 Å². The molecule has 3 aromatic carbocycles. The van der Waals surface area contributed by atoms with E-state index in [1.807, 2.05) is 31.1 Å². The molecule has 3 aromatic rings. The van der Waals surface area contributed by atoms with E-state index >= 15 is 0 Å². The van der Waals surface area contributed by atoms with Gasteiger partial charge in [-0.1, -0.05) is 12.1 Å². The van der Waals surface area contributed by atoms with Crippen LogP contribution in [0.5, 0.6) is 11.5 Å². The molecule has 0 saturated heterocycles. The van der Waals surface area contributed by atoms with E-state index in [1.165, 1.54) is 24.3 Å². The second kappa shape index (κ2) is 7.98. The topological polar surface area (TPSA) is 71.1 Å². The largest absolute Gasteiger partial charge is 0.454 e.